The van der Waals surface area contributed by atoms with E-state index < -0.39 is 9.84 Å². The second-order valence-electron chi connectivity index (χ2n) is 5.00. The van der Waals surface area contributed by atoms with E-state index in [4.69, 9.17) is 10.5 Å². The fourth-order valence-corrected chi connectivity index (χ4v) is 4.77. The molecule has 6 heteroatoms. The lowest BCUT2D eigenvalue weighted by molar-refractivity contribution is 0.00506. The third-order valence-corrected chi connectivity index (χ3v) is 5.46. The van der Waals surface area contributed by atoms with Crippen LogP contribution in [0.3, 0.4) is 0 Å². The second-order valence-corrected chi connectivity index (χ2v) is 7.15. The van der Waals surface area contributed by atoms with E-state index >= 15 is 0 Å². The molecule has 0 aromatic heterocycles. The minimum absolute atomic E-state index is 0.0163. The van der Waals surface area contributed by atoms with Gasteiger partial charge in [-0.25, -0.2) is 8.42 Å². The number of nitrogens with zero attached hydrogens (tertiary/aromatic N) is 1. The maximum absolute atomic E-state index is 11.5. The number of ether oxygens (including phenoxy) is 1. The Hall–Kier alpha value is -0.170. The lowest BCUT2D eigenvalue weighted by atomic mass is 10.0. The molecule has 0 aromatic rings. The summed E-state index contributed by atoms with van der Waals surface area (Å²) in [4.78, 5) is 2.23. The van der Waals surface area contributed by atoms with E-state index in [2.05, 4.69) is 4.90 Å². The summed E-state index contributed by atoms with van der Waals surface area (Å²) in [5.41, 5.74) is 5.93. The summed E-state index contributed by atoms with van der Waals surface area (Å²) in [5, 5.41) is 0. The molecular weight excluding hydrogens is 240 g/mol. The van der Waals surface area contributed by atoms with Gasteiger partial charge in [-0.15, -0.1) is 0 Å². The Kier molecular flexibility index (Phi) is 4.07. The highest BCUT2D eigenvalue weighted by Crippen LogP contribution is 2.22. The predicted molar refractivity (Wildman–Crippen MR) is 66.6 cm³/mol. The van der Waals surface area contributed by atoms with Gasteiger partial charge in [0.05, 0.1) is 17.6 Å². The van der Waals surface area contributed by atoms with Crippen LogP contribution in [0.2, 0.25) is 0 Å². The summed E-state index contributed by atoms with van der Waals surface area (Å²) in [7, 11) is -2.92. The van der Waals surface area contributed by atoms with Gasteiger partial charge in [-0.1, -0.05) is 0 Å². The molecule has 2 N–H and O–H groups in total. The lowest BCUT2D eigenvalue weighted by Crippen LogP contribution is -2.51. The second kappa shape index (κ2) is 5.22. The van der Waals surface area contributed by atoms with Gasteiger partial charge in [-0.05, 0) is 19.8 Å². The Morgan fingerprint density at radius 1 is 1.29 bits per heavy atom. The van der Waals surface area contributed by atoms with E-state index in [0.29, 0.717) is 6.10 Å². The molecule has 0 aromatic carbocycles. The molecule has 2 fully saturated rings. The summed E-state index contributed by atoms with van der Waals surface area (Å²) in [6, 6.07) is -0.203. The van der Waals surface area contributed by atoms with Crippen LogP contribution in [0.25, 0.3) is 0 Å². The normalized spacial score (nSPS) is 35.2. The SMILES string of the molecule is CCOC1CCN(C2CS(=O)(=O)CC2N)CC1. The highest BCUT2D eigenvalue weighted by Gasteiger charge is 2.39. The molecule has 2 atom stereocenters. The van der Waals surface area contributed by atoms with Gasteiger partial charge in [0, 0.05) is 31.8 Å². The van der Waals surface area contributed by atoms with Crippen molar-refractivity contribution in [2.75, 3.05) is 31.2 Å². The average Bonchev–Trinajstić information content (AvgIpc) is 2.54. The third kappa shape index (κ3) is 3.19. The van der Waals surface area contributed by atoms with E-state index in [-0.39, 0.29) is 23.6 Å². The first-order valence-corrected chi connectivity index (χ1v) is 8.15. The molecule has 0 aliphatic carbocycles. The van der Waals surface area contributed by atoms with Crippen LogP contribution in [0.1, 0.15) is 19.8 Å². The van der Waals surface area contributed by atoms with Crippen molar-refractivity contribution in [2.45, 2.75) is 38.0 Å². The number of sulfone groups is 1. The minimum Gasteiger partial charge on any atom is -0.378 e. The summed E-state index contributed by atoms with van der Waals surface area (Å²) in [5.74, 6) is 0.372. The van der Waals surface area contributed by atoms with Crippen molar-refractivity contribution < 1.29 is 13.2 Å². The first kappa shape index (κ1) is 13.3. The molecule has 2 aliphatic rings. The van der Waals surface area contributed by atoms with E-state index in [1.54, 1.807) is 0 Å². The van der Waals surface area contributed by atoms with Crippen LogP contribution in [0.4, 0.5) is 0 Å². The molecule has 100 valence electrons. The van der Waals surface area contributed by atoms with Crippen molar-refractivity contribution in [1.82, 2.24) is 4.90 Å². The summed E-state index contributed by atoms with van der Waals surface area (Å²) >= 11 is 0. The summed E-state index contributed by atoms with van der Waals surface area (Å²) < 4.78 is 28.6. The summed E-state index contributed by atoms with van der Waals surface area (Å²) in [6.45, 7) is 4.56. The number of likely N-dealkylation sites (tertiary alicyclic amines) is 1. The fraction of sp³-hybridized carbons (Fsp3) is 1.00. The highest BCUT2D eigenvalue weighted by molar-refractivity contribution is 7.91. The molecule has 17 heavy (non-hydrogen) atoms. The van der Waals surface area contributed by atoms with Crippen molar-refractivity contribution in [3.8, 4) is 0 Å². The molecule has 0 bridgehead atoms. The van der Waals surface area contributed by atoms with Gasteiger partial charge >= 0.3 is 0 Å². The van der Waals surface area contributed by atoms with Crippen LogP contribution in [-0.4, -0.2) is 62.7 Å². The van der Waals surface area contributed by atoms with Gasteiger partial charge in [-0.3, -0.25) is 4.90 Å². The maximum atomic E-state index is 11.5. The molecule has 2 unspecified atom stereocenters. The van der Waals surface area contributed by atoms with E-state index in [1.807, 2.05) is 6.92 Å². The van der Waals surface area contributed by atoms with E-state index in [9.17, 15) is 8.42 Å². The van der Waals surface area contributed by atoms with Crippen molar-refractivity contribution in [3.05, 3.63) is 0 Å². The van der Waals surface area contributed by atoms with Crippen LogP contribution >= 0.6 is 0 Å². The Labute approximate surface area is 103 Å². The van der Waals surface area contributed by atoms with Gasteiger partial charge in [0.1, 0.15) is 0 Å². The average molecular weight is 262 g/mol. The van der Waals surface area contributed by atoms with E-state index in [1.165, 1.54) is 0 Å². The Bertz CT molecular complexity index is 350. The van der Waals surface area contributed by atoms with Crippen LogP contribution in [0.5, 0.6) is 0 Å². The van der Waals surface area contributed by atoms with E-state index in [0.717, 1.165) is 32.5 Å². The van der Waals surface area contributed by atoms with Crippen LogP contribution in [0, 0.1) is 0 Å². The van der Waals surface area contributed by atoms with Crippen molar-refractivity contribution in [1.29, 1.82) is 0 Å². The molecule has 2 rings (SSSR count). The highest BCUT2D eigenvalue weighted by atomic mass is 32.2. The number of rotatable bonds is 3. The Morgan fingerprint density at radius 3 is 2.41 bits per heavy atom. The largest absolute Gasteiger partial charge is 0.378 e. The molecule has 2 saturated heterocycles. The standard InChI is InChI=1S/C11H22N2O3S/c1-2-16-9-3-5-13(6-4-9)11-8-17(14,15)7-10(11)12/h9-11H,2-8,12H2,1H3. The fourth-order valence-electron chi connectivity index (χ4n) is 2.84. The molecule has 2 aliphatic heterocycles. The van der Waals surface area contributed by atoms with Crippen molar-refractivity contribution in [2.24, 2.45) is 5.73 Å². The Morgan fingerprint density at radius 2 is 1.94 bits per heavy atom. The summed E-state index contributed by atoms with van der Waals surface area (Å²) in [6.07, 6.45) is 2.30. The number of nitrogens with two attached hydrogens (primary N) is 1. The quantitative estimate of drug-likeness (QED) is 0.750. The number of hydrogen-bond donors (Lipinski definition) is 1. The van der Waals surface area contributed by atoms with Crippen LogP contribution in [0.15, 0.2) is 0 Å². The maximum Gasteiger partial charge on any atom is 0.153 e. The van der Waals surface area contributed by atoms with Gasteiger partial charge in [-0.2, -0.15) is 0 Å². The zero-order valence-corrected chi connectivity index (χ0v) is 11.2. The van der Waals surface area contributed by atoms with Gasteiger partial charge < -0.3 is 10.5 Å². The monoisotopic (exact) mass is 262 g/mol. The lowest BCUT2D eigenvalue weighted by Gasteiger charge is -2.36. The first-order valence-electron chi connectivity index (χ1n) is 6.33. The number of hydrogen-bond acceptors (Lipinski definition) is 5. The third-order valence-electron chi connectivity index (χ3n) is 3.71. The molecule has 2 heterocycles. The molecule has 0 spiro atoms. The topological polar surface area (TPSA) is 72.6 Å². The number of piperidine rings is 1. The van der Waals surface area contributed by atoms with Crippen LogP contribution < -0.4 is 5.73 Å². The van der Waals surface area contributed by atoms with Gasteiger partial charge in [0.15, 0.2) is 9.84 Å². The molecule has 5 nitrogen and oxygen atoms in total. The van der Waals surface area contributed by atoms with Crippen LogP contribution in [-0.2, 0) is 14.6 Å². The predicted octanol–water partition coefficient (Wildman–Crippen LogP) is -0.388. The smallest absolute Gasteiger partial charge is 0.153 e. The van der Waals surface area contributed by atoms with Crippen molar-refractivity contribution in [3.63, 3.8) is 0 Å². The zero-order valence-electron chi connectivity index (χ0n) is 10.3. The Balaban J connectivity index is 1.89. The minimum atomic E-state index is -2.92. The molecular formula is C11H22N2O3S. The van der Waals surface area contributed by atoms with Gasteiger partial charge in [0.25, 0.3) is 0 Å². The first-order chi connectivity index (χ1) is 8.02. The van der Waals surface area contributed by atoms with Crippen molar-refractivity contribution >= 4 is 9.84 Å². The molecule has 0 radical (unpaired) electrons. The zero-order chi connectivity index (χ0) is 12.5. The van der Waals surface area contributed by atoms with Gasteiger partial charge in [0.2, 0.25) is 0 Å². The molecule has 0 amide bonds. The molecule has 0 saturated carbocycles.